The number of halogens is 3. The highest BCUT2D eigenvalue weighted by atomic mass is 19.4. The molecule has 0 atom stereocenters. The fraction of sp³-hybridized carbons (Fsp3) is 0.250. The second kappa shape index (κ2) is 10.6. The Morgan fingerprint density at radius 1 is 1.25 bits per heavy atom. The molecule has 3 aliphatic rings. The molecule has 0 spiro atoms. The van der Waals surface area contributed by atoms with Crippen molar-refractivity contribution in [3.05, 3.63) is 83.6 Å². The van der Waals surface area contributed by atoms with Gasteiger partial charge in [0.2, 0.25) is 0 Å². The van der Waals surface area contributed by atoms with Crippen LogP contribution < -0.4 is 21.7 Å². The lowest BCUT2D eigenvalue weighted by molar-refractivity contribution is -0.122. The van der Waals surface area contributed by atoms with E-state index in [0.29, 0.717) is 43.5 Å². The van der Waals surface area contributed by atoms with E-state index in [1.165, 1.54) is 0 Å². The summed E-state index contributed by atoms with van der Waals surface area (Å²) in [6, 6.07) is 5.83. The zero-order valence-corrected chi connectivity index (χ0v) is 19.2. The standard InChI is InChI=1S/C24H26F3N7O2/c25-24(26,27)15-31-23(35)32-18-3-1-2-17(12-18)20-14-30-22-13-16(6-7-34(20)22)19(28)4-5-21(29)33-8-10-36-11-9-33/h1-7,12-14,29-30H,8-11,15,28H2,(H2,31,32,35). The number of nitrogens with one attached hydrogen (secondary N) is 4. The van der Waals surface area contributed by atoms with Crippen molar-refractivity contribution in [1.82, 2.24) is 20.4 Å². The molecule has 0 saturated carbocycles. The summed E-state index contributed by atoms with van der Waals surface area (Å²) in [4.78, 5) is 15.6. The van der Waals surface area contributed by atoms with Crippen molar-refractivity contribution in [1.29, 1.82) is 5.41 Å². The summed E-state index contributed by atoms with van der Waals surface area (Å²) in [5.74, 6) is 1.13. The van der Waals surface area contributed by atoms with Crippen molar-refractivity contribution >= 4 is 23.3 Å². The Morgan fingerprint density at radius 3 is 2.78 bits per heavy atom. The number of carbonyl (C=O) groups excluding carboxylic acids is 1. The Balaban J connectivity index is 1.41. The first-order valence-corrected chi connectivity index (χ1v) is 11.2. The van der Waals surface area contributed by atoms with Gasteiger partial charge in [-0.2, -0.15) is 13.2 Å². The summed E-state index contributed by atoms with van der Waals surface area (Å²) in [5.41, 5.74) is 9.39. The topological polar surface area (TPSA) is 119 Å². The number of ether oxygens (including phenoxy) is 1. The second-order valence-electron chi connectivity index (χ2n) is 8.12. The van der Waals surface area contributed by atoms with Gasteiger partial charge in [0.05, 0.1) is 18.9 Å². The third-order valence-corrected chi connectivity index (χ3v) is 5.54. The van der Waals surface area contributed by atoms with Crippen LogP contribution in [0.3, 0.4) is 0 Å². The van der Waals surface area contributed by atoms with Gasteiger partial charge in [0.15, 0.2) is 0 Å². The number of carbonyl (C=O) groups is 1. The highest BCUT2D eigenvalue weighted by molar-refractivity contribution is 5.91. The molecule has 1 saturated heterocycles. The summed E-state index contributed by atoms with van der Waals surface area (Å²) in [7, 11) is 0. The minimum absolute atomic E-state index is 0.351. The molecule has 1 fully saturated rings. The maximum Gasteiger partial charge on any atom is 0.405 e. The number of nitrogens with two attached hydrogens (primary N) is 1. The van der Waals surface area contributed by atoms with Gasteiger partial charge in [-0.05, 0) is 36.4 Å². The van der Waals surface area contributed by atoms with Crippen molar-refractivity contribution in [2.45, 2.75) is 6.18 Å². The molecule has 2 amide bonds. The van der Waals surface area contributed by atoms with Gasteiger partial charge >= 0.3 is 12.2 Å². The molecular formula is C24H26F3N7O2. The first-order chi connectivity index (χ1) is 17.2. The van der Waals surface area contributed by atoms with E-state index < -0.39 is 18.8 Å². The first-order valence-electron chi connectivity index (χ1n) is 11.2. The Kier molecular flexibility index (Phi) is 7.34. The van der Waals surface area contributed by atoms with Crippen LogP contribution in [0.25, 0.3) is 5.70 Å². The molecule has 3 heterocycles. The smallest absolute Gasteiger partial charge is 0.398 e. The van der Waals surface area contributed by atoms with E-state index in [1.54, 1.807) is 41.9 Å². The van der Waals surface area contributed by atoms with Gasteiger partial charge in [0.25, 0.3) is 0 Å². The van der Waals surface area contributed by atoms with Crippen molar-refractivity contribution < 1.29 is 22.7 Å². The number of urea groups is 1. The van der Waals surface area contributed by atoms with Gasteiger partial charge in [-0.25, -0.2) is 4.79 Å². The molecule has 0 aliphatic carbocycles. The normalized spacial score (nSPS) is 18.9. The molecule has 1 aromatic rings. The van der Waals surface area contributed by atoms with Crippen LogP contribution in [-0.4, -0.2) is 60.7 Å². The third kappa shape index (κ3) is 6.27. The predicted octanol–water partition coefficient (Wildman–Crippen LogP) is 3.02. The molecule has 0 bridgehead atoms. The largest absolute Gasteiger partial charge is 0.405 e. The minimum Gasteiger partial charge on any atom is -0.398 e. The molecule has 9 nitrogen and oxygen atoms in total. The fourth-order valence-corrected chi connectivity index (χ4v) is 3.72. The first kappa shape index (κ1) is 24.9. The zero-order valence-electron chi connectivity index (χ0n) is 19.2. The van der Waals surface area contributed by atoms with Crippen LogP contribution >= 0.6 is 0 Å². The van der Waals surface area contributed by atoms with Gasteiger partial charge < -0.3 is 36.2 Å². The number of hydrogen-bond acceptors (Lipinski definition) is 6. The highest BCUT2D eigenvalue weighted by Gasteiger charge is 2.28. The number of fused-ring (bicyclic) bond motifs is 1. The van der Waals surface area contributed by atoms with E-state index in [0.717, 1.165) is 22.7 Å². The van der Waals surface area contributed by atoms with Gasteiger partial charge in [-0.15, -0.1) is 0 Å². The number of amidine groups is 1. The second-order valence-corrected chi connectivity index (χ2v) is 8.12. The molecule has 3 aliphatic heterocycles. The molecule has 190 valence electrons. The van der Waals surface area contributed by atoms with Gasteiger partial charge in [0.1, 0.15) is 18.2 Å². The highest BCUT2D eigenvalue weighted by Crippen LogP contribution is 2.32. The minimum atomic E-state index is -4.49. The Labute approximate surface area is 206 Å². The van der Waals surface area contributed by atoms with Crippen LogP contribution in [0.4, 0.5) is 23.7 Å². The van der Waals surface area contributed by atoms with Gasteiger partial charge in [-0.1, -0.05) is 12.1 Å². The van der Waals surface area contributed by atoms with E-state index >= 15 is 0 Å². The van der Waals surface area contributed by atoms with Crippen molar-refractivity contribution in [2.24, 2.45) is 5.73 Å². The summed E-state index contributed by atoms with van der Waals surface area (Å²) in [5, 5.41) is 15.6. The van der Waals surface area contributed by atoms with Crippen LogP contribution in [0.2, 0.25) is 0 Å². The summed E-state index contributed by atoms with van der Waals surface area (Å²) >= 11 is 0. The molecule has 1 aromatic carbocycles. The molecule has 36 heavy (non-hydrogen) atoms. The van der Waals surface area contributed by atoms with Crippen molar-refractivity contribution in [3.63, 3.8) is 0 Å². The van der Waals surface area contributed by atoms with E-state index in [2.05, 4.69) is 10.6 Å². The quantitative estimate of drug-likeness (QED) is 0.313. The number of benzene rings is 1. The lowest BCUT2D eigenvalue weighted by Crippen LogP contribution is -2.39. The monoisotopic (exact) mass is 501 g/mol. The predicted molar refractivity (Wildman–Crippen MR) is 130 cm³/mol. The van der Waals surface area contributed by atoms with Crippen LogP contribution in [-0.2, 0) is 4.74 Å². The number of hydrogen-bond donors (Lipinski definition) is 5. The number of nitrogens with zero attached hydrogens (tertiary/aromatic N) is 2. The number of rotatable bonds is 5. The van der Waals surface area contributed by atoms with Crippen LogP contribution in [0, 0.1) is 5.41 Å². The molecule has 0 radical (unpaired) electrons. The molecule has 4 rings (SSSR count). The van der Waals surface area contributed by atoms with E-state index in [1.807, 2.05) is 34.2 Å². The molecule has 0 aromatic heterocycles. The summed E-state index contributed by atoms with van der Waals surface area (Å²) in [6.45, 7) is 1.13. The van der Waals surface area contributed by atoms with Gasteiger partial charge in [-0.3, -0.25) is 5.41 Å². The number of amides is 2. The Morgan fingerprint density at radius 2 is 2.03 bits per heavy atom. The molecule has 0 unspecified atom stereocenters. The molecule has 6 N–H and O–H groups in total. The lowest BCUT2D eigenvalue weighted by atomic mass is 10.1. The van der Waals surface area contributed by atoms with Crippen molar-refractivity contribution in [2.75, 3.05) is 38.2 Å². The fourth-order valence-electron chi connectivity index (χ4n) is 3.72. The van der Waals surface area contributed by atoms with E-state index in [9.17, 15) is 18.0 Å². The Hall–Kier alpha value is -4.19. The Bertz CT molecular complexity index is 1180. The molecule has 12 heteroatoms. The van der Waals surface area contributed by atoms with Crippen LogP contribution in [0.1, 0.15) is 5.56 Å². The molecular weight excluding hydrogens is 475 g/mol. The van der Waals surface area contributed by atoms with Crippen molar-refractivity contribution in [3.8, 4) is 0 Å². The lowest BCUT2D eigenvalue weighted by Gasteiger charge is -2.27. The number of anilines is 1. The number of morpholine rings is 1. The van der Waals surface area contributed by atoms with Crippen LogP contribution in [0.5, 0.6) is 0 Å². The van der Waals surface area contributed by atoms with E-state index in [4.69, 9.17) is 15.9 Å². The average molecular weight is 502 g/mol. The third-order valence-electron chi connectivity index (χ3n) is 5.54. The average Bonchev–Trinajstić information content (AvgIpc) is 3.29. The SMILES string of the molecule is N=C(C=CC(N)=C1C=CN2C(=C1)NC=C2c1cccc(NC(=O)NCC(F)(F)F)c1)N1CCOCC1. The maximum absolute atomic E-state index is 12.3. The van der Waals surface area contributed by atoms with E-state index in [-0.39, 0.29) is 0 Å². The summed E-state index contributed by atoms with van der Waals surface area (Å²) in [6.07, 6.45) is 6.21. The van der Waals surface area contributed by atoms with Gasteiger partial charge in [0, 0.05) is 48.0 Å². The zero-order chi connectivity index (χ0) is 25.7. The number of allylic oxidation sites excluding steroid dienone is 4. The summed E-state index contributed by atoms with van der Waals surface area (Å²) < 4.78 is 42.2. The maximum atomic E-state index is 12.3. The van der Waals surface area contributed by atoms with Crippen LogP contribution in [0.15, 0.2) is 78.1 Å². The number of alkyl halides is 3.